The maximum Gasteiger partial charge on any atom is 0.306 e. The molecule has 1 atom stereocenters. The van der Waals surface area contributed by atoms with Crippen molar-refractivity contribution in [2.24, 2.45) is 0 Å². The van der Waals surface area contributed by atoms with Gasteiger partial charge in [0.1, 0.15) is 0 Å². The van der Waals surface area contributed by atoms with Crippen molar-refractivity contribution in [1.29, 1.82) is 0 Å². The first-order valence-corrected chi connectivity index (χ1v) is 6.42. The molecule has 0 radical (unpaired) electrons. The zero-order chi connectivity index (χ0) is 13.7. The first kappa shape index (κ1) is 14.0. The fraction of sp³-hybridized carbons (Fsp3) is 0.500. The van der Waals surface area contributed by atoms with Crippen LogP contribution < -0.4 is 0 Å². The van der Waals surface area contributed by atoms with Crippen molar-refractivity contribution >= 4 is 5.97 Å². The number of morpholine rings is 1. The molecule has 5 heteroatoms. The van der Waals surface area contributed by atoms with Gasteiger partial charge in [-0.2, -0.15) is 0 Å². The SMILES string of the molecule is O=C(O)CC1CN(Cc2ccc(CO)cc2)CCO1. The predicted octanol–water partition coefficient (Wildman–Crippen LogP) is 0.854. The van der Waals surface area contributed by atoms with Crippen molar-refractivity contribution in [2.75, 3.05) is 19.7 Å². The molecule has 104 valence electrons. The Morgan fingerprint density at radius 3 is 2.63 bits per heavy atom. The molecule has 1 saturated heterocycles. The number of nitrogens with zero attached hydrogens (tertiary/aromatic N) is 1. The number of aliphatic hydroxyl groups excluding tert-OH is 1. The van der Waals surface area contributed by atoms with Crippen LogP contribution in [0.3, 0.4) is 0 Å². The maximum atomic E-state index is 10.7. The largest absolute Gasteiger partial charge is 0.481 e. The number of aliphatic carboxylic acids is 1. The third-order valence-corrected chi connectivity index (χ3v) is 3.24. The highest BCUT2D eigenvalue weighted by molar-refractivity contribution is 5.67. The minimum absolute atomic E-state index is 0.0541. The van der Waals surface area contributed by atoms with Crippen molar-refractivity contribution in [3.8, 4) is 0 Å². The van der Waals surface area contributed by atoms with E-state index in [1.807, 2.05) is 24.3 Å². The molecule has 1 fully saturated rings. The molecule has 5 nitrogen and oxygen atoms in total. The topological polar surface area (TPSA) is 70.0 Å². The van der Waals surface area contributed by atoms with Gasteiger partial charge in [0.15, 0.2) is 0 Å². The Labute approximate surface area is 112 Å². The number of hydrogen-bond acceptors (Lipinski definition) is 4. The molecule has 0 amide bonds. The highest BCUT2D eigenvalue weighted by Gasteiger charge is 2.22. The van der Waals surface area contributed by atoms with Gasteiger partial charge >= 0.3 is 5.97 Å². The molecule has 1 aliphatic rings. The van der Waals surface area contributed by atoms with Gasteiger partial charge in [0, 0.05) is 19.6 Å². The van der Waals surface area contributed by atoms with Crippen LogP contribution in [0, 0.1) is 0 Å². The van der Waals surface area contributed by atoms with Crippen LogP contribution in [0.1, 0.15) is 17.5 Å². The summed E-state index contributed by atoms with van der Waals surface area (Å²) in [6.07, 6.45) is -0.164. The second-order valence-electron chi connectivity index (χ2n) is 4.80. The smallest absolute Gasteiger partial charge is 0.306 e. The number of aliphatic hydroxyl groups is 1. The average Bonchev–Trinajstić information content (AvgIpc) is 2.39. The molecule has 1 unspecified atom stereocenters. The zero-order valence-electron chi connectivity index (χ0n) is 10.8. The lowest BCUT2D eigenvalue weighted by atomic mass is 10.1. The molecule has 1 aromatic rings. The third kappa shape index (κ3) is 4.31. The van der Waals surface area contributed by atoms with Crippen LogP contribution in [0.15, 0.2) is 24.3 Å². The normalized spacial score (nSPS) is 20.4. The Morgan fingerprint density at radius 1 is 1.32 bits per heavy atom. The van der Waals surface area contributed by atoms with Gasteiger partial charge in [-0.25, -0.2) is 0 Å². The number of rotatable bonds is 5. The molecule has 1 heterocycles. The molecule has 0 aromatic heterocycles. The Bertz CT molecular complexity index is 418. The summed E-state index contributed by atoms with van der Waals surface area (Å²) >= 11 is 0. The van der Waals surface area contributed by atoms with Gasteiger partial charge < -0.3 is 14.9 Å². The zero-order valence-corrected chi connectivity index (χ0v) is 10.8. The minimum Gasteiger partial charge on any atom is -0.481 e. The monoisotopic (exact) mass is 265 g/mol. The van der Waals surface area contributed by atoms with E-state index in [2.05, 4.69) is 4.90 Å². The van der Waals surface area contributed by atoms with Gasteiger partial charge in [-0.15, -0.1) is 0 Å². The van der Waals surface area contributed by atoms with Crippen molar-refractivity contribution in [2.45, 2.75) is 25.7 Å². The molecule has 2 rings (SSSR count). The van der Waals surface area contributed by atoms with Crippen LogP contribution in [0.4, 0.5) is 0 Å². The standard InChI is InChI=1S/C14H19NO4/c16-10-12-3-1-11(2-4-12)8-15-5-6-19-13(9-15)7-14(17)18/h1-4,13,16H,5-10H2,(H,17,18). The molecule has 0 spiro atoms. The van der Waals surface area contributed by atoms with Crippen LogP contribution in [0.2, 0.25) is 0 Å². The van der Waals surface area contributed by atoms with Crippen LogP contribution >= 0.6 is 0 Å². The number of carbonyl (C=O) groups is 1. The van der Waals surface area contributed by atoms with E-state index < -0.39 is 5.97 Å². The highest BCUT2D eigenvalue weighted by Crippen LogP contribution is 2.13. The van der Waals surface area contributed by atoms with E-state index in [4.69, 9.17) is 14.9 Å². The fourth-order valence-corrected chi connectivity index (χ4v) is 2.25. The molecular formula is C14H19NO4. The number of carboxylic acids is 1. The molecule has 19 heavy (non-hydrogen) atoms. The molecule has 1 aliphatic heterocycles. The minimum atomic E-state index is -0.820. The van der Waals surface area contributed by atoms with Gasteiger partial charge in [-0.1, -0.05) is 24.3 Å². The predicted molar refractivity (Wildman–Crippen MR) is 69.6 cm³/mol. The number of benzene rings is 1. The lowest BCUT2D eigenvalue weighted by molar-refractivity contribution is -0.142. The summed E-state index contributed by atoms with van der Waals surface area (Å²) < 4.78 is 5.44. The Hall–Kier alpha value is -1.43. The van der Waals surface area contributed by atoms with Crippen molar-refractivity contribution in [3.63, 3.8) is 0 Å². The average molecular weight is 265 g/mol. The molecule has 1 aromatic carbocycles. The molecule has 0 bridgehead atoms. The summed E-state index contributed by atoms with van der Waals surface area (Å²) in [6, 6.07) is 7.80. The Balaban J connectivity index is 1.88. The van der Waals surface area contributed by atoms with Crippen molar-refractivity contribution < 1.29 is 19.7 Å². The lowest BCUT2D eigenvalue weighted by Crippen LogP contribution is -2.42. The van der Waals surface area contributed by atoms with Crippen LogP contribution in [-0.4, -0.2) is 46.9 Å². The molecule has 0 saturated carbocycles. The third-order valence-electron chi connectivity index (χ3n) is 3.24. The summed E-state index contributed by atoms with van der Waals surface area (Å²) in [6.45, 7) is 2.88. The van der Waals surface area contributed by atoms with E-state index in [1.54, 1.807) is 0 Å². The van der Waals surface area contributed by atoms with Crippen molar-refractivity contribution in [3.05, 3.63) is 35.4 Å². The summed E-state index contributed by atoms with van der Waals surface area (Å²) in [4.78, 5) is 12.9. The second-order valence-corrected chi connectivity index (χ2v) is 4.80. The second kappa shape index (κ2) is 6.65. The van der Waals surface area contributed by atoms with E-state index in [9.17, 15) is 4.79 Å². The first-order valence-electron chi connectivity index (χ1n) is 6.42. The number of carboxylic acid groups (broad SMARTS) is 1. The van der Waals surface area contributed by atoms with Gasteiger partial charge in [-0.05, 0) is 11.1 Å². The van der Waals surface area contributed by atoms with Crippen LogP contribution in [0.25, 0.3) is 0 Å². The number of hydrogen-bond donors (Lipinski definition) is 2. The lowest BCUT2D eigenvalue weighted by Gasteiger charge is -2.32. The van der Waals surface area contributed by atoms with E-state index in [1.165, 1.54) is 0 Å². The quantitative estimate of drug-likeness (QED) is 0.826. The van der Waals surface area contributed by atoms with Gasteiger partial charge in [-0.3, -0.25) is 9.69 Å². The number of ether oxygens (including phenoxy) is 1. The summed E-state index contributed by atoms with van der Waals surface area (Å²) in [5.74, 6) is -0.820. The molecule has 2 N–H and O–H groups in total. The van der Waals surface area contributed by atoms with Crippen LogP contribution in [0.5, 0.6) is 0 Å². The van der Waals surface area contributed by atoms with E-state index in [0.29, 0.717) is 13.2 Å². The first-order chi connectivity index (χ1) is 9.17. The summed E-state index contributed by atoms with van der Waals surface area (Å²) in [5, 5.41) is 17.8. The van der Waals surface area contributed by atoms with Crippen LogP contribution in [-0.2, 0) is 22.7 Å². The fourth-order valence-electron chi connectivity index (χ4n) is 2.25. The summed E-state index contributed by atoms with van der Waals surface area (Å²) in [7, 11) is 0. The van der Waals surface area contributed by atoms with Gasteiger partial charge in [0.2, 0.25) is 0 Å². The Kier molecular flexibility index (Phi) is 4.90. The molecule has 0 aliphatic carbocycles. The van der Waals surface area contributed by atoms with Gasteiger partial charge in [0.25, 0.3) is 0 Å². The van der Waals surface area contributed by atoms with Crippen molar-refractivity contribution in [1.82, 2.24) is 4.90 Å². The van der Waals surface area contributed by atoms with E-state index in [0.717, 1.165) is 24.2 Å². The van der Waals surface area contributed by atoms with E-state index >= 15 is 0 Å². The Morgan fingerprint density at radius 2 is 2.00 bits per heavy atom. The molecular weight excluding hydrogens is 246 g/mol. The summed E-state index contributed by atoms with van der Waals surface area (Å²) in [5.41, 5.74) is 2.06. The highest BCUT2D eigenvalue weighted by atomic mass is 16.5. The van der Waals surface area contributed by atoms with E-state index in [-0.39, 0.29) is 19.1 Å². The maximum absolute atomic E-state index is 10.7. The van der Waals surface area contributed by atoms with Gasteiger partial charge in [0.05, 0.1) is 25.7 Å².